The molecular formula is C15H23N3O2S. The largest absolute Gasteiger partial charge is 0.314 e. The first-order valence-corrected chi connectivity index (χ1v) is 9.03. The summed E-state index contributed by atoms with van der Waals surface area (Å²) in [6.45, 7) is 7.25. The van der Waals surface area contributed by atoms with Crippen molar-refractivity contribution in [2.75, 3.05) is 39.3 Å². The molecule has 0 bridgehead atoms. The van der Waals surface area contributed by atoms with Gasteiger partial charge in [-0.15, -0.1) is 0 Å². The molecule has 2 heterocycles. The van der Waals surface area contributed by atoms with Crippen molar-refractivity contribution in [3.05, 3.63) is 29.8 Å². The molecule has 1 unspecified atom stereocenters. The number of hydrogen-bond donors (Lipinski definition) is 1. The van der Waals surface area contributed by atoms with Crippen LogP contribution in [-0.4, -0.2) is 62.9 Å². The van der Waals surface area contributed by atoms with Gasteiger partial charge in [0.15, 0.2) is 0 Å². The Hall–Kier alpha value is -0.950. The minimum Gasteiger partial charge on any atom is -0.314 e. The summed E-state index contributed by atoms with van der Waals surface area (Å²) < 4.78 is 27.0. The molecule has 5 nitrogen and oxygen atoms in total. The fourth-order valence-electron chi connectivity index (χ4n) is 3.13. The van der Waals surface area contributed by atoms with Gasteiger partial charge in [0, 0.05) is 45.3 Å². The third-order valence-electron chi connectivity index (χ3n) is 4.45. The maximum Gasteiger partial charge on any atom is 0.243 e. The van der Waals surface area contributed by atoms with Gasteiger partial charge in [-0.25, -0.2) is 8.42 Å². The Morgan fingerprint density at radius 1 is 1.10 bits per heavy atom. The van der Waals surface area contributed by atoms with Gasteiger partial charge in [-0.1, -0.05) is 17.7 Å². The van der Waals surface area contributed by atoms with Gasteiger partial charge in [0.25, 0.3) is 0 Å². The molecule has 6 heteroatoms. The summed E-state index contributed by atoms with van der Waals surface area (Å²) in [5, 5.41) is 3.34. The van der Waals surface area contributed by atoms with E-state index in [-0.39, 0.29) is 0 Å². The van der Waals surface area contributed by atoms with Gasteiger partial charge < -0.3 is 5.32 Å². The van der Waals surface area contributed by atoms with Crippen LogP contribution in [0.3, 0.4) is 0 Å². The van der Waals surface area contributed by atoms with Crippen molar-refractivity contribution in [1.82, 2.24) is 14.5 Å². The van der Waals surface area contributed by atoms with Crippen molar-refractivity contribution in [3.63, 3.8) is 0 Å². The second kappa shape index (κ2) is 6.04. The second-order valence-electron chi connectivity index (χ2n) is 5.90. The van der Waals surface area contributed by atoms with Crippen LogP contribution < -0.4 is 5.32 Å². The Morgan fingerprint density at radius 3 is 2.43 bits per heavy atom. The fraction of sp³-hybridized carbons (Fsp3) is 0.600. The molecule has 2 saturated heterocycles. The van der Waals surface area contributed by atoms with Crippen LogP contribution in [0, 0.1) is 6.92 Å². The highest BCUT2D eigenvalue weighted by Gasteiger charge is 2.35. The number of benzene rings is 1. The topological polar surface area (TPSA) is 52.7 Å². The molecule has 1 aromatic rings. The maximum absolute atomic E-state index is 12.7. The van der Waals surface area contributed by atoms with Crippen LogP contribution in [-0.2, 0) is 10.0 Å². The van der Waals surface area contributed by atoms with Gasteiger partial charge in [0.1, 0.15) is 0 Å². The van der Waals surface area contributed by atoms with Crippen LogP contribution in [0.25, 0.3) is 0 Å². The number of rotatable bonds is 3. The Bertz CT molecular complexity index is 579. The fourth-order valence-corrected chi connectivity index (χ4v) is 4.63. The molecule has 2 fully saturated rings. The summed E-state index contributed by atoms with van der Waals surface area (Å²) in [5.41, 5.74) is 1.08. The lowest BCUT2D eigenvalue weighted by Gasteiger charge is -2.32. The minimum atomic E-state index is -3.34. The molecule has 0 spiro atoms. The summed E-state index contributed by atoms with van der Waals surface area (Å²) in [6.07, 6.45) is 0.936. The maximum atomic E-state index is 12.7. The first-order chi connectivity index (χ1) is 10.1. The lowest BCUT2D eigenvalue weighted by atomic mass is 10.2. The predicted octanol–water partition coefficient (Wildman–Crippen LogP) is 0.663. The summed E-state index contributed by atoms with van der Waals surface area (Å²) in [6, 6.07) is 7.51. The van der Waals surface area contributed by atoms with E-state index in [9.17, 15) is 8.42 Å². The van der Waals surface area contributed by atoms with Crippen molar-refractivity contribution in [2.45, 2.75) is 24.3 Å². The SMILES string of the molecule is Cc1ccc(S(=O)(=O)N2CCC(N3CCNCC3)C2)cc1. The van der Waals surface area contributed by atoms with Gasteiger partial charge in [-0.2, -0.15) is 4.31 Å². The molecule has 2 aliphatic heterocycles. The number of nitrogens with zero attached hydrogens (tertiary/aromatic N) is 2. The van der Waals surface area contributed by atoms with Gasteiger partial charge in [0.05, 0.1) is 4.90 Å². The molecule has 0 amide bonds. The van der Waals surface area contributed by atoms with Crippen LogP contribution in [0.1, 0.15) is 12.0 Å². The normalized spacial score (nSPS) is 25.3. The Morgan fingerprint density at radius 2 is 1.76 bits per heavy atom. The molecule has 3 rings (SSSR count). The molecule has 1 atom stereocenters. The van der Waals surface area contributed by atoms with Gasteiger partial charge >= 0.3 is 0 Å². The standard InChI is InChI=1S/C15H23N3O2S/c1-13-2-4-15(5-3-13)21(19,20)18-9-6-14(12-18)17-10-7-16-8-11-17/h2-5,14,16H,6-12H2,1H3. The molecule has 21 heavy (non-hydrogen) atoms. The van der Waals surface area contributed by atoms with E-state index < -0.39 is 10.0 Å². The molecule has 1 aromatic carbocycles. The van der Waals surface area contributed by atoms with E-state index in [0.717, 1.165) is 38.2 Å². The number of piperazine rings is 1. The van der Waals surface area contributed by atoms with Crippen molar-refractivity contribution in [2.24, 2.45) is 0 Å². The van der Waals surface area contributed by atoms with Crippen molar-refractivity contribution in [1.29, 1.82) is 0 Å². The van der Waals surface area contributed by atoms with Crippen LogP contribution in [0.15, 0.2) is 29.2 Å². The summed E-state index contributed by atoms with van der Waals surface area (Å²) in [7, 11) is -3.34. The average Bonchev–Trinajstić information content (AvgIpc) is 2.99. The number of sulfonamides is 1. The van der Waals surface area contributed by atoms with E-state index in [1.807, 2.05) is 19.1 Å². The highest BCUT2D eigenvalue weighted by atomic mass is 32.2. The molecular weight excluding hydrogens is 286 g/mol. The van der Waals surface area contributed by atoms with Gasteiger partial charge in [-0.05, 0) is 25.5 Å². The molecule has 0 aromatic heterocycles. The van der Waals surface area contributed by atoms with E-state index in [0.29, 0.717) is 24.0 Å². The average molecular weight is 309 g/mol. The second-order valence-corrected chi connectivity index (χ2v) is 7.84. The van der Waals surface area contributed by atoms with Crippen LogP contribution in [0.2, 0.25) is 0 Å². The minimum absolute atomic E-state index is 0.368. The third kappa shape index (κ3) is 3.13. The lowest BCUT2D eigenvalue weighted by molar-refractivity contribution is 0.179. The van der Waals surface area contributed by atoms with Crippen LogP contribution in [0.4, 0.5) is 0 Å². The highest BCUT2D eigenvalue weighted by Crippen LogP contribution is 2.24. The Labute approximate surface area is 127 Å². The zero-order chi connectivity index (χ0) is 14.9. The van der Waals surface area contributed by atoms with E-state index in [1.165, 1.54) is 0 Å². The third-order valence-corrected chi connectivity index (χ3v) is 6.33. The van der Waals surface area contributed by atoms with E-state index in [2.05, 4.69) is 10.2 Å². The molecule has 0 aliphatic carbocycles. The Kier molecular flexibility index (Phi) is 4.31. The summed E-state index contributed by atoms with van der Waals surface area (Å²) in [4.78, 5) is 2.83. The summed E-state index contributed by atoms with van der Waals surface area (Å²) >= 11 is 0. The van der Waals surface area contributed by atoms with Crippen LogP contribution in [0.5, 0.6) is 0 Å². The lowest BCUT2D eigenvalue weighted by Crippen LogP contribution is -2.49. The van der Waals surface area contributed by atoms with E-state index in [4.69, 9.17) is 0 Å². The number of nitrogens with one attached hydrogen (secondary N) is 1. The first-order valence-electron chi connectivity index (χ1n) is 7.59. The van der Waals surface area contributed by atoms with Crippen LogP contribution >= 0.6 is 0 Å². The predicted molar refractivity (Wildman–Crippen MR) is 82.8 cm³/mol. The number of hydrogen-bond acceptors (Lipinski definition) is 4. The Balaban J connectivity index is 1.71. The van der Waals surface area contributed by atoms with E-state index >= 15 is 0 Å². The van der Waals surface area contributed by atoms with Crippen molar-refractivity contribution in [3.8, 4) is 0 Å². The molecule has 2 aliphatic rings. The van der Waals surface area contributed by atoms with Crippen molar-refractivity contribution >= 4 is 10.0 Å². The molecule has 0 radical (unpaired) electrons. The zero-order valence-corrected chi connectivity index (χ0v) is 13.3. The zero-order valence-electron chi connectivity index (χ0n) is 12.5. The van der Waals surface area contributed by atoms with Crippen molar-refractivity contribution < 1.29 is 8.42 Å². The highest BCUT2D eigenvalue weighted by molar-refractivity contribution is 7.89. The monoisotopic (exact) mass is 309 g/mol. The van der Waals surface area contributed by atoms with Gasteiger partial charge in [0.2, 0.25) is 10.0 Å². The number of aryl methyl sites for hydroxylation is 1. The first kappa shape index (κ1) is 15.0. The van der Waals surface area contributed by atoms with E-state index in [1.54, 1.807) is 16.4 Å². The van der Waals surface area contributed by atoms with Gasteiger partial charge in [-0.3, -0.25) is 4.90 Å². The summed E-state index contributed by atoms with van der Waals surface area (Å²) in [5.74, 6) is 0. The molecule has 0 saturated carbocycles. The molecule has 116 valence electrons. The quantitative estimate of drug-likeness (QED) is 0.891. The smallest absolute Gasteiger partial charge is 0.243 e. The molecule has 1 N–H and O–H groups in total.